The molecule has 0 heterocycles. The van der Waals surface area contributed by atoms with E-state index in [0.29, 0.717) is 23.7 Å². The molecule has 2 nitrogen and oxygen atoms in total. The molecule has 2 N–H and O–H groups in total. The standard InChI is InChI=1S/C15H15ClFNO/c16-14-7-11(8-18)5-6-12(14)9-19-10-13-3-1-2-4-15(13)17/h1-7H,8-10,18H2. The van der Waals surface area contributed by atoms with Crippen molar-refractivity contribution >= 4 is 11.6 Å². The van der Waals surface area contributed by atoms with E-state index in [1.54, 1.807) is 18.2 Å². The second-order valence-electron chi connectivity index (χ2n) is 4.21. The molecule has 0 saturated heterocycles. The van der Waals surface area contributed by atoms with Crippen LogP contribution in [0.3, 0.4) is 0 Å². The van der Waals surface area contributed by atoms with Crippen LogP contribution < -0.4 is 5.73 Å². The minimum absolute atomic E-state index is 0.224. The van der Waals surface area contributed by atoms with Crippen molar-refractivity contribution < 1.29 is 9.13 Å². The van der Waals surface area contributed by atoms with Crippen LogP contribution in [-0.4, -0.2) is 0 Å². The van der Waals surface area contributed by atoms with Crippen LogP contribution in [0.15, 0.2) is 42.5 Å². The monoisotopic (exact) mass is 279 g/mol. The zero-order valence-electron chi connectivity index (χ0n) is 10.4. The zero-order valence-corrected chi connectivity index (χ0v) is 11.2. The highest BCUT2D eigenvalue weighted by molar-refractivity contribution is 6.31. The molecule has 0 radical (unpaired) electrons. The molecule has 100 valence electrons. The summed E-state index contributed by atoms with van der Waals surface area (Å²) in [6, 6.07) is 12.2. The second-order valence-corrected chi connectivity index (χ2v) is 4.62. The molecule has 0 amide bonds. The Morgan fingerprint density at radius 2 is 1.79 bits per heavy atom. The topological polar surface area (TPSA) is 35.2 Å². The lowest BCUT2D eigenvalue weighted by Gasteiger charge is -2.08. The molecule has 0 unspecified atom stereocenters. The van der Waals surface area contributed by atoms with Crippen LogP contribution in [0.2, 0.25) is 5.02 Å². The smallest absolute Gasteiger partial charge is 0.128 e. The maximum Gasteiger partial charge on any atom is 0.128 e. The Hall–Kier alpha value is -1.42. The molecule has 2 aromatic carbocycles. The van der Waals surface area contributed by atoms with Gasteiger partial charge in [-0.05, 0) is 23.3 Å². The Labute approximate surface area is 117 Å². The lowest BCUT2D eigenvalue weighted by Crippen LogP contribution is -1.99. The van der Waals surface area contributed by atoms with E-state index >= 15 is 0 Å². The molecular formula is C15H15ClFNO. The van der Waals surface area contributed by atoms with Gasteiger partial charge < -0.3 is 10.5 Å². The van der Waals surface area contributed by atoms with E-state index in [-0.39, 0.29) is 12.4 Å². The number of halogens is 2. The van der Waals surface area contributed by atoms with Gasteiger partial charge in [0.1, 0.15) is 5.82 Å². The van der Waals surface area contributed by atoms with Crippen LogP contribution in [0.25, 0.3) is 0 Å². The maximum absolute atomic E-state index is 13.4. The molecule has 0 saturated carbocycles. The van der Waals surface area contributed by atoms with E-state index in [2.05, 4.69) is 0 Å². The number of hydrogen-bond donors (Lipinski definition) is 1. The second kappa shape index (κ2) is 6.66. The zero-order chi connectivity index (χ0) is 13.7. The average molecular weight is 280 g/mol. The van der Waals surface area contributed by atoms with Crippen molar-refractivity contribution in [3.05, 3.63) is 70.0 Å². The normalized spacial score (nSPS) is 10.7. The number of ether oxygens (including phenoxy) is 1. The fraction of sp³-hybridized carbons (Fsp3) is 0.200. The van der Waals surface area contributed by atoms with E-state index in [4.69, 9.17) is 22.1 Å². The van der Waals surface area contributed by atoms with Gasteiger partial charge in [-0.25, -0.2) is 4.39 Å². The van der Waals surface area contributed by atoms with Gasteiger partial charge in [-0.3, -0.25) is 0 Å². The summed E-state index contributed by atoms with van der Waals surface area (Å²) >= 11 is 6.11. The number of hydrogen-bond acceptors (Lipinski definition) is 2. The molecule has 0 bridgehead atoms. The van der Waals surface area contributed by atoms with E-state index in [9.17, 15) is 4.39 Å². The Kier molecular flexibility index (Phi) is 4.91. The Bertz CT molecular complexity index is 560. The fourth-order valence-electron chi connectivity index (χ4n) is 1.72. The van der Waals surface area contributed by atoms with E-state index in [0.717, 1.165) is 11.1 Å². The summed E-state index contributed by atoms with van der Waals surface area (Å²) in [5, 5.41) is 0.622. The van der Waals surface area contributed by atoms with Crippen molar-refractivity contribution in [2.75, 3.05) is 0 Å². The van der Waals surface area contributed by atoms with Crippen LogP contribution in [0.5, 0.6) is 0 Å². The van der Waals surface area contributed by atoms with Gasteiger partial charge in [0.2, 0.25) is 0 Å². The molecule has 0 fully saturated rings. The molecule has 0 atom stereocenters. The highest BCUT2D eigenvalue weighted by Crippen LogP contribution is 2.19. The van der Waals surface area contributed by atoms with E-state index < -0.39 is 0 Å². The lowest BCUT2D eigenvalue weighted by molar-refractivity contribution is 0.105. The summed E-state index contributed by atoms with van der Waals surface area (Å²) < 4.78 is 18.9. The lowest BCUT2D eigenvalue weighted by atomic mass is 10.1. The fourth-order valence-corrected chi connectivity index (χ4v) is 1.98. The van der Waals surface area contributed by atoms with E-state index in [1.165, 1.54) is 6.07 Å². The first kappa shape index (κ1) is 14.0. The van der Waals surface area contributed by atoms with Crippen molar-refractivity contribution in [2.24, 2.45) is 5.73 Å². The number of nitrogens with two attached hydrogens (primary N) is 1. The average Bonchev–Trinajstić information content (AvgIpc) is 2.42. The molecule has 0 spiro atoms. The molecule has 2 rings (SSSR count). The van der Waals surface area contributed by atoms with Gasteiger partial charge in [0.15, 0.2) is 0 Å². The summed E-state index contributed by atoms with van der Waals surface area (Å²) in [6.45, 7) is 1.02. The van der Waals surface area contributed by atoms with Crippen LogP contribution in [0.4, 0.5) is 4.39 Å². The highest BCUT2D eigenvalue weighted by Gasteiger charge is 2.04. The highest BCUT2D eigenvalue weighted by atomic mass is 35.5. The third-order valence-electron chi connectivity index (χ3n) is 2.83. The van der Waals surface area contributed by atoms with Crippen LogP contribution in [-0.2, 0) is 24.5 Å². The first-order chi connectivity index (χ1) is 9.20. The molecular weight excluding hydrogens is 265 g/mol. The molecule has 4 heteroatoms. The largest absolute Gasteiger partial charge is 0.372 e. The summed E-state index contributed by atoms with van der Waals surface area (Å²) in [7, 11) is 0. The SMILES string of the molecule is NCc1ccc(COCc2ccccc2F)c(Cl)c1. The van der Waals surface area contributed by atoms with Crippen LogP contribution >= 0.6 is 11.6 Å². The Balaban J connectivity index is 1.94. The van der Waals surface area contributed by atoms with Gasteiger partial charge >= 0.3 is 0 Å². The Morgan fingerprint density at radius 1 is 1.05 bits per heavy atom. The van der Waals surface area contributed by atoms with Gasteiger partial charge in [0, 0.05) is 17.1 Å². The summed E-state index contributed by atoms with van der Waals surface area (Å²) in [6.07, 6.45) is 0. The van der Waals surface area contributed by atoms with Crippen molar-refractivity contribution in [1.29, 1.82) is 0 Å². The third-order valence-corrected chi connectivity index (χ3v) is 3.18. The third kappa shape index (κ3) is 3.77. The Morgan fingerprint density at radius 3 is 2.47 bits per heavy atom. The number of rotatable bonds is 5. The minimum Gasteiger partial charge on any atom is -0.372 e. The molecule has 0 aliphatic rings. The molecule has 19 heavy (non-hydrogen) atoms. The minimum atomic E-state index is -0.257. The molecule has 0 aliphatic heterocycles. The number of benzene rings is 2. The predicted molar refractivity (Wildman–Crippen MR) is 74.2 cm³/mol. The summed E-state index contributed by atoms with van der Waals surface area (Å²) in [5.41, 5.74) is 7.91. The van der Waals surface area contributed by atoms with E-state index in [1.807, 2.05) is 18.2 Å². The predicted octanol–water partition coefficient (Wildman–Crippen LogP) is 3.65. The van der Waals surface area contributed by atoms with Crippen molar-refractivity contribution in [3.8, 4) is 0 Å². The van der Waals surface area contributed by atoms with Crippen LogP contribution in [0, 0.1) is 5.82 Å². The van der Waals surface area contributed by atoms with Gasteiger partial charge in [0.25, 0.3) is 0 Å². The first-order valence-electron chi connectivity index (χ1n) is 5.99. The quantitative estimate of drug-likeness (QED) is 0.907. The summed E-state index contributed by atoms with van der Waals surface area (Å²) in [5.74, 6) is -0.257. The molecule has 2 aromatic rings. The maximum atomic E-state index is 13.4. The van der Waals surface area contributed by atoms with Crippen molar-refractivity contribution in [2.45, 2.75) is 19.8 Å². The molecule has 0 aliphatic carbocycles. The summed E-state index contributed by atoms with van der Waals surface area (Å²) in [4.78, 5) is 0. The van der Waals surface area contributed by atoms with Gasteiger partial charge in [-0.15, -0.1) is 0 Å². The van der Waals surface area contributed by atoms with Gasteiger partial charge in [-0.2, -0.15) is 0 Å². The van der Waals surface area contributed by atoms with Gasteiger partial charge in [-0.1, -0.05) is 41.9 Å². The van der Waals surface area contributed by atoms with Crippen molar-refractivity contribution in [1.82, 2.24) is 0 Å². The molecule has 0 aromatic heterocycles. The van der Waals surface area contributed by atoms with Crippen LogP contribution in [0.1, 0.15) is 16.7 Å². The van der Waals surface area contributed by atoms with Crippen molar-refractivity contribution in [3.63, 3.8) is 0 Å². The first-order valence-corrected chi connectivity index (χ1v) is 6.37. The van der Waals surface area contributed by atoms with Gasteiger partial charge in [0.05, 0.1) is 13.2 Å².